The number of ether oxygens (including phenoxy) is 1. The number of hydrogen-bond acceptors (Lipinski definition) is 3. The average molecular weight is 313 g/mol. The van der Waals surface area contributed by atoms with Gasteiger partial charge in [0.05, 0.1) is 19.3 Å². The van der Waals surface area contributed by atoms with Gasteiger partial charge in [0.15, 0.2) is 0 Å². The minimum atomic E-state index is 0.0595. The van der Waals surface area contributed by atoms with Crippen molar-refractivity contribution in [2.45, 2.75) is 12.5 Å². The summed E-state index contributed by atoms with van der Waals surface area (Å²) in [5, 5.41) is 0. The van der Waals surface area contributed by atoms with Crippen molar-refractivity contribution in [1.82, 2.24) is 4.90 Å². The van der Waals surface area contributed by atoms with E-state index in [2.05, 4.69) is 15.9 Å². The third-order valence-electron chi connectivity index (χ3n) is 3.08. The van der Waals surface area contributed by atoms with Gasteiger partial charge in [0.1, 0.15) is 0 Å². The fourth-order valence-corrected chi connectivity index (χ4v) is 2.38. The maximum atomic E-state index is 12.4. The lowest BCUT2D eigenvalue weighted by Gasteiger charge is -2.35. The predicted octanol–water partition coefficient (Wildman–Crippen LogP) is 1.64. The van der Waals surface area contributed by atoms with Gasteiger partial charge < -0.3 is 15.4 Å². The molecule has 1 aliphatic heterocycles. The van der Waals surface area contributed by atoms with Crippen LogP contribution in [0.15, 0.2) is 28.7 Å². The Balaban J connectivity index is 2.12. The molecular formula is C13H17BrN2O2. The van der Waals surface area contributed by atoms with Crippen LogP contribution in [0.1, 0.15) is 16.8 Å². The highest BCUT2D eigenvalue weighted by Gasteiger charge is 2.27. The fourth-order valence-electron chi connectivity index (χ4n) is 2.11. The Kier molecular flexibility index (Phi) is 4.74. The van der Waals surface area contributed by atoms with Gasteiger partial charge in [-0.2, -0.15) is 0 Å². The third-order valence-corrected chi connectivity index (χ3v) is 3.61. The standard InChI is InChI=1S/C13H17BrN2O2/c14-11-3-1-10(2-4-11)13(17)16-7-8-18-9-12(16)5-6-15/h1-4,12H,5-9,15H2. The molecule has 1 saturated heterocycles. The molecule has 1 amide bonds. The Morgan fingerprint density at radius 3 is 2.83 bits per heavy atom. The molecule has 0 bridgehead atoms. The summed E-state index contributed by atoms with van der Waals surface area (Å²) in [6, 6.07) is 7.53. The van der Waals surface area contributed by atoms with Crippen LogP contribution in [0.5, 0.6) is 0 Å². The molecule has 4 nitrogen and oxygen atoms in total. The zero-order valence-corrected chi connectivity index (χ0v) is 11.7. The van der Waals surface area contributed by atoms with Gasteiger partial charge in [-0.25, -0.2) is 0 Å². The van der Waals surface area contributed by atoms with Crippen molar-refractivity contribution in [3.05, 3.63) is 34.3 Å². The summed E-state index contributed by atoms with van der Waals surface area (Å²) in [6.45, 7) is 2.39. The Labute approximate surface area is 115 Å². The smallest absolute Gasteiger partial charge is 0.254 e. The van der Waals surface area contributed by atoms with Crippen LogP contribution in [-0.4, -0.2) is 43.2 Å². The molecule has 1 aromatic carbocycles. The van der Waals surface area contributed by atoms with Crippen molar-refractivity contribution < 1.29 is 9.53 Å². The van der Waals surface area contributed by atoms with E-state index in [1.807, 2.05) is 29.2 Å². The average Bonchev–Trinajstić information content (AvgIpc) is 2.40. The zero-order chi connectivity index (χ0) is 13.0. The van der Waals surface area contributed by atoms with Crippen LogP contribution in [0.4, 0.5) is 0 Å². The SMILES string of the molecule is NCCC1COCCN1C(=O)c1ccc(Br)cc1. The number of nitrogens with two attached hydrogens (primary N) is 1. The highest BCUT2D eigenvalue weighted by molar-refractivity contribution is 9.10. The molecule has 1 fully saturated rings. The molecule has 0 aliphatic carbocycles. The number of amides is 1. The van der Waals surface area contributed by atoms with Gasteiger partial charge >= 0.3 is 0 Å². The molecule has 0 aromatic heterocycles. The first-order chi connectivity index (χ1) is 8.72. The largest absolute Gasteiger partial charge is 0.377 e. The van der Waals surface area contributed by atoms with Crippen LogP contribution in [0.3, 0.4) is 0 Å². The number of hydrogen-bond donors (Lipinski definition) is 1. The summed E-state index contributed by atoms with van der Waals surface area (Å²) < 4.78 is 6.38. The first-order valence-electron chi connectivity index (χ1n) is 6.06. The minimum absolute atomic E-state index is 0.0595. The van der Waals surface area contributed by atoms with Crippen LogP contribution in [0.2, 0.25) is 0 Å². The molecule has 0 saturated carbocycles. The number of halogens is 1. The fraction of sp³-hybridized carbons (Fsp3) is 0.462. The number of morpholine rings is 1. The maximum absolute atomic E-state index is 12.4. The van der Waals surface area contributed by atoms with Crippen molar-refractivity contribution >= 4 is 21.8 Å². The van der Waals surface area contributed by atoms with Crippen molar-refractivity contribution in [1.29, 1.82) is 0 Å². The Morgan fingerprint density at radius 2 is 2.17 bits per heavy atom. The van der Waals surface area contributed by atoms with Crippen molar-refractivity contribution in [3.63, 3.8) is 0 Å². The molecule has 1 atom stereocenters. The summed E-state index contributed by atoms with van der Waals surface area (Å²) in [6.07, 6.45) is 0.780. The summed E-state index contributed by atoms with van der Waals surface area (Å²) in [5.74, 6) is 0.0595. The predicted molar refractivity (Wildman–Crippen MR) is 73.5 cm³/mol. The van der Waals surface area contributed by atoms with Gasteiger partial charge in [-0.15, -0.1) is 0 Å². The lowest BCUT2D eigenvalue weighted by atomic mass is 10.1. The van der Waals surface area contributed by atoms with E-state index in [9.17, 15) is 4.79 Å². The number of rotatable bonds is 3. The number of benzene rings is 1. The Morgan fingerprint density at radius 1 is 1.44 bits per heavy atom. The lowest BCUT2D eigenvalue weighted by molar-refractivity contribution is -0.00344. The van der Waals surface area contributed by atoms with E-state index in [1.54, 1.807) is 0 Å². The van der Waals surface area contributed by atoms with Gasteiger partial charge in [0, 0.05) is 16.6 Å². The van der Waals surface area contributed by atoms with E-state index in [1.165, 1.54) is 0 Å². The first kappa shape index (κ1) is 13.5. The van der Waals surface area contributed by atoms with Crippen molar-refractivity contribution in [2.75, 3.05) is 26.3 Å². The topological polar surface area (TPSA) is 55.6 Å². The van der Waals surface area contributed by atoms with E-state index in [4.69, 9.17) is 10.5 Å². The summed E-state index contributed by atoms with van der Waals surface area (Å²) in [5.41, 5.74) is 6.29. The highest BCUT2D eigenvalue weighted by atomic mass is 79.9. The lowest BCUT2D eigenvalue weighted by Crippen LogP contribution is -2.49. The number of carbonyl (C=O) groups is 1. The van der Waals surface area contributed by atoms with E-state index < -0.39 is 0 Å². The molecule has 98 valence electrons. The first-order valence-corrected chi connectivity index (χ1v) is 6.86. The van der Waals surface area contributed by atoms with Crippen LogP contribution >= 0.6 is 15.9 Å². The molecule has 1 aliphatic rings. The van der Waals surface area contributed by atoms with E-state index >= 15 is 0 Å². The molecule has 0 spiro atoms. The van der Waals surface area contributed by atoms with Gasteiger partial charge in [0.2, 0.25) is 0 Å². The van der Waals surface area contributed by atoms with Crippen LogP contribution in [0.25, 0.3) is 0 Å². The molecule has 18 heavy (non-hydrogen) atoms. The minimum Gasteiger partial charge on any atom is -0.377 e. The second-order valence-corrected chi connectivity index (χ2v) is 5.23. The Bertz CT molecular complexity index is 406. The van der Waals surface area contributed by atoms with Gasteiger partial charge in [0.25, 0.3) is 5.91 Å². The van der Waals surface area contributed by atoms with Crippen LogP contribution in [0, 0.1) is 0 Å². The van der Waals surface area contributed by atoms with Crippen molar-refractivity contribution in [2.24, 2.45) is 5.73 Å². The number of carbonyl (C=O) groups excluding carboxylic acids is 1. The molecular weight excluding hydrogens is 296 g/mol. The second kappa shape index (κ2) is 6.31. The van der Waals surface area contributed by atoms with E-state index in [-0.39, 0.29) is 11.9 Å². The third kappa shape index (κ3) is 3.10. The zero-order valence-electron chi connectivity index (χ0n) is 10.1. The van der Waals surface area contributed by atoms with Crippen LogP contribution < -0.4 is 5.73 Å². The monoisotopic (exact) mass is 312 g/mol. The van der Waals surface area contributed by atoms with E-state index in [0.29, 0.717) is 31.9 Å². The highest BCUT2D eigenvalue weighted by Crippen LogP contribution is 2.16. The molecule has 2 rings (SSSR count). The van der Waals surface area contributed by atoms with Crippen molar-refractivity contribution in [3.8, 4) is 0 Å². The molecule has 5 heteroatoms. The molecule has 1 unspecified atom stereocenters. The quantitative estimate of drug-likeness (QED) is 0.923. The summed E-state index contributed by atoms with van der Waals surface area (Å²) >= 11 is 3.37. The molecule has 1 heterocycles. The molecule has 2 N–H and O–H groups in total. The van der Waals surface area contributed by atoms with Gasteiger partial charge in [-0.3, -0.25) is 4.79 Å². The molecule has 0 radical (unpaired) electrons. The Hall–Kier alpha value is -0.910. The van der Waals surface area contributed by atoms with Gasteiger partial charge in [-0.05, 0) is 37.2 Å². The van der Waals surface area contributed by atoms with E-state index in [0.717, 1.165) is 10.9 Å². The molecule has 1 aromatic rings. The summed E-state index contributed by atoms with van der Waals surface area (Å²) in [4.78, 5) is 14.3. The van der Waals surface area contributed by atoms with Crippen LogP contribution in [-0.2, 0) is 4.74 Å². The maximum Gasteiger partial charge on any atom is 0.254 e. The number of nitrogens with zero attached hydrogens (tertiary/aromatic N) is 1. The second-order valence-electron chi connectivity index (χ2n) is 4.31. The van der Waals surface area contributed by atoms with Gasteiger partial charge in [-0.1, -0.05) is 15.9 Å². The normalized spacial score (nSPS) is 19.9. The summed E-state index contributed by atoms with van der Waals surface area (Å²) in [7, 11) is 0.